The predicted octanol–water partition coefficient (Wildman–Crippen LogP) is 4.03. The van der Waals surface area contributed by atoms with Crippen molar-refractivity contribution in [1.82, 2.24) is 9.78 Å². The molecule has 4 nitrogen and oxygen atoms in total. The Morgan fingerprint density at radius 1 is 1.33 bits per heavy atom. The third-order valence-corrected chi connectivity index (χ3v) is 3.91. The number of methoxy groups -OCH3 is 1. The van der Waals surface area contributed by atoms with Crippen molar-refractivity contribution < 1.29 is 9.53 Å². The number of nitrogens with zero attached hydrogens (tertiary/aromatic N) is 2. The van der Waals surface area contributed by atoms with E-state index in [9.17, 15) is 4.79 Å². The summed E-state index contributed by atoms with van der Waals surface area (Å²) in [7, 11) is 1.36. The zero-order valence-electron chi connectivity index (χ0n) is 12.9. The Morgan fingerprint density at radius 3 is 2.52 bits per heavy atom. The van der Waals surface area contributed by atoms with Gasteiger partial charge in [-0.3, -0.25) is 0 Å². The largest absolute Gasteiger partial charge is 0.464 e. The number of aromatic nitrogens is 2. The molecule has 0 amide bonds. The van der Waals surface area contributed by atoms with Crippen molar-refractivity contribution >= 4 is 21.9 Å². The Hall–Kier alpha value is -1.62. The van der Waals surface area contributed by atoms with E-state index >= 15 is 0 Å². The minimum absolute atomic E-state index is 0.179. The van der Waals surface area contributed by atoms with Crippen LogP contribution < -0.4 is 0 Å². The molecule has 0 aliphatic carbocycles. The molecular weight excluding hydrogens is 332 g/mol. The zero-order chi connectivity index (χ0) is 15.8. The van der Waals surface area contributed by atoms with Crippen LogP contribution in [0, 0.1) is 6.92 Å². The predicted molar refractivity (Wildman–Crippen MR) is 86.0 cm³/mol. The van der Waals surface area contributed by atoms with Crippen LogP contribution in [0.1, 0.15) is 42.5 Å². The van der Waals surface area contributed by atoms with E-state index in [-0.39, 0.29) is 5.41 Å². The first kappa shape index (κ1) is 15.8. The van der Waals surface area contributed by atoms with Gasteiger partial charge in [0.25, 0.3) is 0 Å². The monoisotopic (exact) mass is 350 g/mol. The number of halogens is 1. The molecule has 1 heterocycles. The first-order valence-corrected chi connectivity index (χ1v) is 7.49. The summed E-state index contributed by atoms with van der Waals surface area (Å²) >= 11 is 3.51. The fraction of sp³-hybridized carbons (Fsp3) is 0.375. The molecule has 0 spiro atoms. The third-order valence-electron chi connectivity index (χ3n) is 3.16. The molecule has 2 aromatic rings. The van der Waals surface area contributed by atoms with E-state index in [1.165, 1.54) is 7.11 Å². The van der Waals surface area contributed by atoms with E-state index in [0.29, 0.717) is 10.2 Å². The van der Waals surface area contributed by atoms with Gasteiger partial charge in [-0.05, 0) is 40.5 Å². The number of hydrogen-bond acceptors (Lipinski definition) is 3. The van der Waals surface area contributed by atoms with Gasteiger partial charge in [0.15, 0.2) is 5.69 Å². The highest BCUT2D eigenvalue weighted by Crippen LogP contribution is 2.34. The summed E-state index contributed by atoms with van der Waals surface area (Å²) in [6.45, 7) is 8.28. The van der Waals surface area contributed by atoms with Crippen LogP contribution in [0.3, 0.4) is 0 Å². The van der Waals surface area contributed by atoms with Crippen LogP contribution in [0.25, 0.3) is 5.69 Å². The Kier molecular flexibility index (Phi) is 4.23. The Bertz CT molecular complexity index is 684. The Morgan fingerprint density at radius 2 is 2.00 bits per heavy atom. The lowest BCUT2D eigenvalue weighted by Gasteiger charge is -2.21. The second-order valence-corrected chi connectivity index (χ2v) is 6.80. The molecule has 0 aliphatic heterocycles. The van der Waals surface area contributed by atoms with Gasteiger partial charge in [-0.15, -0.1) is 0 Å². The quantitative estimate of drug-likeness (QED) is 0.768. The van der Waals surface area contributed by atoms with Gasteiger partial charge in [0, 0.05) is 5.41 Å². The maximum Gasteiger partial charge on any atom is 0.359 e. The number of rotatable bonds is 2. The normalized spacial score (nSPS) is 11.5. The van der Waals surface area contributed by atoms with Gasteiger partial charge in [-0.25, -0.2) is 9.48 Å². The van der Waals surface area contributed by atoms with Crippen molar-refractivity contribution in [3.05, 3.63) is 45.7 Å². The second-order valence-electron chi connectivity index (χ2n) is 6.00. The van der Waals surface area contributed by atoms with E-state index in [1.807, 2.05) is 35.9 Å². The van der Waals surface area contributed by atoms with Gasteiger partial charge in [-0.1, -0.05) is 32.9 Å². The summed E-state index contributed by atoms with van der Waals surface area (Å²) in [6, 6.07) is 8.02. The lowest BCUT2D eigenvalue weighted by molar-refractivity contribution is 0.0592. The number of ether oxygens (including phenoxy) is 1. The molecule has 0 N–H and O–H groups in total. The van der Waals surface area contributed by atoms with E-state index < -0.39 is 5.97 Å². The number of esters is 1. The lowest BCUT2D eigenvalue weighted by atomic mass is 9.91. The minimum atomic E-state index is -0.446. The molecule has 0 fully saturated rings. The zero-order valence-corrected chi connectivity index (χ0v) is 14.5. The molecule has 0 radical (unpaired) electrons. The average molecular weight is 351 g/mol. The smallest absolute Gasteiger partial charge is 0.359 e. The number of aryl methyl sites for hydroxylation is 1. The minimum Gasteiger partial charge on any atom is -0.464 e. The van der Waals surface area contributed by atoms with E-state index in [0.717, 1.165) is 16.9 Å². The average Bonchev–Trinajstić information content (AvgIpc) is 2.75. The van der Waals surface area contributed by atoms with E-state index in [2.05, 4.69) is 41.8 Å². The van der Waals surface area contributed by atoms with Crippen molar-refractivity contribution in [2.45, 2.75) is 33.1 Å². The fourth-order valence-electron chi connectivity index (χ4n) is 2.22. The van der Waals surface area contributed by atoms with E-state index in [1.54, 1.807) is 0 Å². The van der Waals surface area contributed by atoms with Gasteiger partial charge >= 0.3 is 5.97 Å². The van der Waals surface area contributed by atoms with Crippen molar-refractivity contribution in [2.75, 3.05) is 7.11 Å². The first-order chi connectivity index (χ1) is 9.75. The molecular formula is C16H19BrN2O2. The highest BCUT2D eigenvalue weighted by Gasteiger charge is 2.29. The van der Waals surface area contributed by atoms with Crippen LogP contribution in [0.5, 0.6) is 0 Å². The van der Waals surface area contributed by atoms with Crippen LogP contribution in [0.2, 0.25) is 0 Å². The molecule has 0 saturated carbocycles. The standard InChI is InChI=1S/C16H19BrN2O2/c1-10-7-6-8-11(9-10)19-14(16(2,3)4)12(17)13(18-19)15(20)21-5/h6-9H,1-5H3. The summed E-state index contributed by atoms with van der Waals surface area (Å²) in [4.78, 5) is 11.9. The summed E-state index contributed by atoms with van der Waals surface area (Å²) < 4.78 is 7.31. The Balaban J connectivity index is 2.73. The van der Waals surface area contributed by atoms with Crippen LogP contribution in [-0.4, -0.2) is 22.9 Å². The van der Waals surface area contributed by atoms with Gasteiger partial charge in [0.1, 0.15) is 0 Å². The number of hydrogen-bond donors (Lipinski definition) is 0. The molecule has 0 unspecified atom stereocenters. The molecule has 1 aromatic carbocycles. The molecule has 0 aliphatic rings. The van der Waals surface area contributed by atoms with E-state index in [4.69, 9.17) is 4.74 Å². The molecule has 0 bridgehead atoms. The molecule has 112 valence electrons. The van der Waals surface area contributed by atoms with Gasteiger partial charge < -0.3 is 4.74 Å². The number of carbonyl (C=O) groups is 1. The first-order valence-electron chi connectivity index (χ1n) is 6.70. The molecule has 1 aromatic heterocycles. The Labute approximate surface area is 133 Å². The van der Waals surface area contributed by atoms with Gasteiger partial charge in [0.2, 0.25) is 0 Å². The lowest BCUT2D eigenvalue weighted by Crippen LogP contribution is -2.18. The topological polar surface area (TPSA) is 44.1 Å². The molecule has 0 atom stereocenters. The summed E-state index contributed by atoms with van der Waals surface area (Å²) in [6.07, 6.45) is 0. The molecule has 2 rings (SSSR count). The maximum atomic E-state index is 11.9. The van der Waals surface area contributed by atoms with Gasteiger partial charge in [-0.2, -0.15) is 5.10 Å². The van der Waals surface area contributed by atoms with Crippen molar-refractivity contribution in [3.63, 3.8) is 0 Å². The second kappa shape index (κ2) is 5.64. The van der Waals surface area contributed by atoms with Crippen molar-refractivity contribution in [2.24, 2.45) is 0 Å². The van der Waals surface area contributed by atoms with Gasteiger partial charge in [0.05, 0.1) is 23.0 Å². The highest BCUT2D eigenvalue weighted by atomic mass is 79.9. The van der Waals surface area contributed by atoms with Crippen molar-refractivity contribution in [1.29, 1.82) is 0 Å². The van der Waals surface area contributed by atoms with Crippen LogP contribution >= 0.6 is 15.9 Å². The fourth-order valence-corrected chi connectivity index (χ4v) is 3.22. The maximum absolute atomic E-state index is 11.9. The highest BCUT2D eigenvalue weighted by molar-refractivity contribution is 9.10. The molecule has 0 saturated heterocycles. The van der Waals surface area contributed by atoms with Crippen LogP contribution in [0.15, 0.2) is 28.7 Å². The van der Waals surface area contributed by atoms with Crippen LogP contribution in [-0.2, 0) is 10.2 Å². The summed E-state index contributed by atoms with van der Waals surface area (Å²) in [5.41, 5.74) is 3.12. The van der Waals surface area contributed by atoms with Crippen LogP contribution in [0.4, 0.5) is 0 Å². The molecule has 5 heteroatoms. The third kappa shape index (κ3) is 3.02. The number of benzene rings is 1. The molecule has 21 heavy (non-hydrogen) atoms. The van der Waals surface area contributed by atoms with Crippen molar-refractivity contribution in [3.8, 4) is 5.69 Å². The number of carbonyl (C=O) groups excluding carboxylic acids is 1. The summed E-state index contributed by atoms with van der Waals surface area (Å²) in [5, 5.41) is 4.45. The SMILES string of the molecule is COC(=O)c1nn(-c2cccc(C)c2)c(C(C)(C)C)c1Br. The summed E-state index contributed by atoms with van der Waals surface area (Å²) in [5.74, 6) is -0.446.